The van der Waals surface area contributed by atoms with Gasteiger partial charge in [0.25, 0.3) is 5.69 Å². The summed E-state index contributed by atoms with van der Waals surface area (Å²) >= 11 is 5.74. The van der Waals surface area contributed by atoms with Crippen molar-refractivity contribution in [1.82, 2.24) is 4.98 Å². The number of pyridine rings is 1. The van der Waals surface area contributed by atoms with Gasteiger partial charge in [-0.3, -0.25) is 15.1 Å². The summed E-state index contributed by atoms with van der Waals surface area (Å²) < 4.78 is 0. The van der Waals surface area contributed by atoms with Gasteiger partial charge >= 0.3 is 0 Å². The average molecular weight is 294 g/mol. The summed E-state index contributed by atoms with van der Waals surface area (Å²) in [7, 11) is 0. The van der Waals surface area contributed by atoms with Crippen LogP contribution in [0.3, 0.4) is 0 Å². The average Bonchev–Trinajstić information content (AvgIpc) is 2.40. The van der Waals surface area contributed by atoms with Crippen LogP contribution in [-0.2, 0) is 6.54 Å². The molecule has 1 heterocycles. The van der Waals surface area contributed by atoms with Crippen molar-refractivity contribution < 1.29 is 10.0 Å². The second-order valence-corrected chi connectivity index (χ2v) is 4.63. The Morgan fingerprint density at radius 3 is 2.85 bits per heavy atom. The van der Waals surface area contributed by atoms with Crippen LogP contribution in [-0.4, -0.2) is 15.0 Å². The fourth-order valence-electron chi connectivity index (χ4n) is 1.72. The lowest BCUT2D eigenvalue weighted by Crippen LogP contribution is -2.05. The second-order valence-electron chi connectivity index (χ2n) is 4.19. The van der Waals surface area contributed by atoms with Gasteiger partial charge in [0.2, 0.25) is 0 Å². The van der Waals surface area contributed by atoms with Crippen LogP contribution in [0.5, 0.6) is 5.75 Å². The fraction of sp³-hybridized carbons (Fsp3) is 0.154. The lowest BCUT2D eigenvalue weighted by molar-refractivity contribution is -0.383. The summed E-state index contributed by atoms with van der Waals surface area (Å²) in [5, 5.41) is 23.8. The highest BCUT2D eigenvalue weighted by molar-refractivity contribution is 6.30. The van der Waals surface area contributed by atoms with E-state index in [2.05, 4.69) is 10.3 Å². The molecule has 104 valence electrons. The van der Waals surface area contributed by atoms with Crippen molar-refractivity contribution in [2.24, 2.45) is 0 Å². The zero-order valence-corrected chi connectivity index (χ0v) is 11.4. The summed E-state index contributed by atoms with van der Waals surface area (Å²) in [4.78, 5) is 14.6. The summed E-state index contributed by atoms with van der Waals surface area (Å²) in [6.07, 6.45) is 0. The number of halogens is 1. The molecule has 0 saturated carbocycles. The molecule has 0 saturated heterocycles. The Morgan fingerprint density at radius 2 is 2.15 bits per heavy atom. The number of anilines is 1. The van der Waals surface area contributed by atoms with E-state index in [1.807, 2.05) is 0 Å². The number of aryl methyl sites for hydroxylation is 1. The Balaban J connectivity index is 2.23. The first kappa shape index (κ1) is 14.1. The standard InChI is InChI=1S/C13H12ClN3O3/c1-8-2-5-13(18)11(16-8)7-15-10-4-3-9(14)6-12(10)17(19)20/h2-6,15,18H,7H2,1H3. The molecule has 0 unspecified atom stereocenters. The molecule has 0 aliphatic heterocycles. The molecule has 2 N–H and O–H groups in total. The minimum Gasteiger partial charge on any atom is -0.506 e. The molecule has 2 aromatic rings. The molecule has 0 aliphatic carbocycles. The third-order valence-corrected chi connectivity index (χ3v) is 2.93. The highest BCUT2D eigenvalue weighted by atomic mass is 35.5. The lowest BCUT2D eigenvalue weighted by Gasteiger charge is -2.09. The van der Waals surface area contributed by atoms with Crippen LogP contribution in [0.2, 0.25) is 5.02 Å². The van der Waals surface area contributed by atoms with Gasteiger partial charge < -0.3 is 10.4 Å². The minimum atomic E-state index is -0.516. The van der Waals surface area contributed by atoms with Gasteiger partial charge in [0.15, 0.2) is 0 Å². The zero-order chi connectivity index (χ0) is 14.7. The predicted octanol–water partition coefficient (Wildman–Crippen LogP) is 3.27. The van der Waals surface area contributed by atoms with E-state index in [4.69, 9.17) is 11.6 Å². The Morgan fingerprint density at radius 1 is 1.40 bits per heavy atom. The second kappa shape index (κ2) is 5.75. The van der Waals surface area contributed by atoms with Gasteiger partial charge in [0, 0.05) is 16.8 Å². The molecule has 2 rings (SSSR count). The fourth-order valence-corrected chi connectivity index (χ4v) is 1.88. The van der Waals surface area contributed by atoms with Gasteiger partial charge in [0.05, 0.1) is 11.5 Å². The smallest absolute Gasteiger partial charge is 0.293 e. The molecule has 0 amide bonds. The lowest BCUT2D eigenvalue weighted by atomic mass is 10.2. The summed E-state index contributed by atoms with van der Waals surface area (Å²) in [5.74, 6) is 0.0414. The molecular formula is C13H12ClN3O3. The van der Waals surface area contributed by atoms with Gasteiger partial charge in [-0.1, -0.05) is 11.6 Å². The van der Waals surface area contributed by atoms with Crippen LogP contribution >= 0.6 is 11.6 Å². The van der Waals surface area contributed by atoms with Crippen LogP contribution in [0.25, 0.3) is 0 Å². The Kier molecular flexibility index (Phi) is 4.05. The van der Waals surface area contributed by atoms with E-state index in [1.165, 1.54) is 18.2 Å². The molecule has 7 heteroatoms. The molecule has 6 nitrogen and oxygen atoms in total. The number of nitrogens with zero attached hydrogens (tertiary/aromatic N) is 2. The van der Waals surface area contributed by atoms with Crippen LogP contribution in [0.15, 0.2) is 30.3 Å². The highest BCUT2D eigenvalue weighted by Gasteiger charge is 2.14. The maximum Gasteiger partial charge on any atom is 0.293 e. The number of hydrogen-bond acceptors (Lipinski definition) is 5. The summed E-state index contributed by atoms with van der Waals surface area (Å²) in [6, 6.07) is 7.57. The Labute approximate surface area is 120 Å². The predicted molar refractivity (Wildman–Crippen MR) is 76.1 cm³/mol. The number of nitrogens with one attached hydrogen (secondary N) is 1. The van der Waals surface area contributed by atoms with E-state index in [9.17, 15) is 15.2 Å². The zero-order valence-electron chi connectivity index (χ0n) is 10.6. The molecule has 1 aromatic carbocycles. The van der Waals surface area contributed by atoms with Crippen molar-refractivity contribution in [2.75, 3.05) is 5.32 Å². The first-order valence-corrected chi connectivity index (χ1v) is 6.18. The van der Waals surface area contributed by atoms with Gasteiger partial charge in [0.1, 0.15) is 17.1 Å². The quantitative estimate of drug-likeness (QED) is 0.667. The molecular weight excluding hydrogens is 282 g/mol. The maximum atomic E-state index is 10.9. The largest absolute Gasteiger partial charge is 0.506 e. The van der Waals surface area contributed by atoms with Crippen molar-refractivity contribution >= 4 is 23.0 Å². The first-order chi connectivity index (χ1) is 9.47. The van der Waals surface area contributed by atoms with E-state index in [-0.39, 0.29) is 18.0 Å². The first-order valence-electron chi connectivity index (χ1n) is 5.80. The molecule has 1 aromatic heterocycles. The third-order valence-electron chi connectivity index (χ3n) is 2.69. The van der Waals surface area contributed by atoms with E-state index < -0.39 is 4.92 Å². The Bertz CT molecular complexity index is 661. The molecule has 20 heavy (non-hydrogen) atoms. The number of hydrogen-bond donors (Lipinski definition) is 2. The maximum absolute atomic E-state index is 10.9. The molecule has 0 radical (unpaired) electrons. The van der Waals surface area contributed by atoms with Crippen molar-refractivity contribution in [1.29, 1.82) is 0 Å². The van der Waals surface area contributed by atoms with Crippen molar-refractivity contribution in [3.05, 3.63) is 56.9 Å². The van der Waals surface area contributed by atoms with E-state index in [0.29, 0.717) is 16.4 Å². The topological polar surface area (TPSA) is 88.3 Å². The molecule has 0 aliphatic rings. The number of aromatic nitrogens is 1. The molecule has 0 bridgehead atoms. The van der Waals surface area contributed by atoms with Crippen molar-refractivity contribution in [3.63, 3.8) is 0 Å². The monoisotopic (exact) mass is 293 g/mol. The van der Waals surface area contributed by atoms with Crippen LogP contribution in [0.1, 0.15) is 11.4 Å². The van der Waals surface area contributed by atoms with Gasteiger partial charge in [-0.25, -0.2) is 0 Å². The minimum absolute atomic E-state index is 0.0414. The van der Waals surface area contributed by atoms with Gasteiger partial charge in [-0.2, -0.15) is 0 Å². The molecule has 0 spiro atoms. The SMILES string of the molecule is Cc1ccc(O)c(CNc2ccc(Cl)cc2[N+](=O)[O-])n1. The highest BCUT2D eigenvalue weighted by Crippen LogP contribution is 2.28. The van der Waals surface area contributed by atoms with Gasteiger partial charge in [-0.05, 0) is 31.2 Å². The molecule has 0 fully saturated rings. The number of nitro benzene ring substituents is 1. The normalized spacial score (nSPS) is 10.3. The van der Waals surface area contributed by atoms with E-state index in [0.717, 1.165) is 5.69 Å². The van der Waals surface area contributed by atoms with Crippen LogP contribution < -0.4 is 5.32 Å². The summed E-state index contributed by atoms with van der Waals surface area (Å²) in [5.41, 5.74) is 1.38. The van der Waals surface area contributed by atoms with Crippen molar-refractivity contribution in [3.8, 4) is 5.75 Å². The van der Waals surface area contributed by atoms with Crippen LogP contribution in [0.4, 0.5) is 11.4 Å². The van der Waals surface area contributed by atoms with Crippen LogP contribution in [0, 0.1) is 17.0 Å². The number of aromatic hydroxyl groups is 1. The van der Waals surface area contributed by atoms with Gasteiger partial charge in [-0.15, -0.1) is 0 Å². The summed E-state index contributed by atoms with van der Waals surface area (Å²) in [6.45, 7) is 1.98. The molecule has 0 atom stereocenters. The third kappa shape index (κ3) is 3.16. The van der Waals surface area contributed by atoms with E-state index in [1.54, 1.807) is 19.1 Å². The van der Waals surface area contributed by atoms with E-state index >= 15 is 0 Å². The number of nitro groups is 1. The number of rotatable bonds is 4. The number of benzene rings is 1. The Hall–Kier alpha value is -2.34. The van der Waals surface area contributed by atoms with Crippen molar-refractivity contribution in [2.45, 2.75) is 13.5 Å².